The molecule has 0 unspecified atom stereocenters. The van der Waals surface area contributed by atoms with Gasteiger partial charge >= 0.3 is 0 Å². The molecule has 8 heteroatoms. The number of hydrogen-bond acceptors (Lipinski definition) is 4. The second-order valence-corrected chi connectivity index (χ2v) is 8.76. The van der Waals surface area contributed by atoms with Gasteiger partial charge in [-0.15, -0.1) is 0 Å². The number of rotatable bonds is 7. The van der Waals surface area contributed by atoms with Crippen molar-refractivity contribution < 1.29 is 14.3 Å². The first kappa shape index (κ1) is 25.0. The molecule has 3 aromatic carbocycles. The van der Waals surface area contributed by atoms with Crippen LogP contribution in [0.2, 0.25) is 5.02 Å². The van der Waals surface area contributed by atoms with Gasteiger partial charge in [-0.05, 0) is 61.9 Å². The number of nitrogens with one attached hydrogen (secondary N) is 2. The minimum Gasteiger partial charge on any atom is -0.483 e. The van der Waals surface area contributed by atoms with Crippen molar-refractivity contribution in [2.75, 3.05) is 17.2 Å². The lowest BCUT2D eigenvalue weighted by molar-refractivity contribution is -0.118. The highest BCUT2D eigenvalue weighted by Crippen LogP contribution is 2.27. The van der Waals surface area contributed by atoms with E-state index in [1.807, 2.05) is 32.0 Å². The molecule has 172 valence electrons. The van der Waals surface area contributed by atoms with Gasteiger partial charge in [0.25, 0.3) is 11.8 Å². The molecule has 2 N–H and O–H groups in total. The molecule has 0 aliphatic heterocycles. The maximum atomic E-state index is 12.8. The second-order valence-electron chi connectivity index (χ2n) is 7.44. The summed E-state index contributed by atoms with van der Waals surface area (Å²) in [4.78, 5) is 25.1. The third kappa shape index (κ3) is 6.70. The van der Waals surface area contributed by atoms with Crippen LogP contribution in [0.25, 0.3) is 6.08 Å². The van der Waals surface area contributed by atoms with Crippen LogP contribution in [-0.4, -0.2) is 18.4 Å². The summed E-state index contributed by atoms with van der Waals surface area (Å²) in [7, 11) is 0. The topological polar surface area (TPSA) is 91.2 Å². The Kier molecular flexibility index (Phi) is 8.47. The van der Waals surface area contributed by atoms with E-state index in [4.69, 9.17) is 16.3 Å². The van der Waals surface area contributed by atoms with Gasteiger partial charge in [0.2, 0.25) is 0 Å². The average Bonchev–Trinajstić information content (AvgIpc) is 2.80. The van der Waals surface area contributed by atoms with Crippen molar-refractivity contribution in [2.45, 2.75) is 13.8 Å². The molecule has 0 atom stereocenters. The fourth-order valence-electron chi connectivity index (χ4n) is 3.10. The number of carbonyl (C=O) groups excluding carboxylic acids is 2. The highest BCUT2D eigenvalue weighted by molar-refractivity contribution is 9.10. The van der Waals surface area contributed by atoms with Crippen LogP contribution < -0.4 is 15.4 Å². The Balaban J connectivity index is 1.77. The zero-order valence-electron chi connectivity index (χ0n) is 18.5. The van der Waals surface area contributed by atoms with E-state index in [9.17, 15) is 14.9 Å². The summed E-state index contributed by atoms with van der Waals surface area (Å²) in [6.07, 6.45) is 1.42. The maximum Gasteiger partial charge on any atom is 0.266 e. The number of halogens is 2. The standard InChI is InChI=1S/C26H21BrClN3O3/c1-16-7-9-22(17(2)11-16)31-26(33)19(14-29)12-18-13-20(27)8-10-24(18)34-15-25(32)30-23-6-4-3-5-21(23)28/h3-13H,15H2,1-2H3,(H,30,32)(H,31,33)/b19-12+. The van der Waals surface area contributed by atoms with Crippen molar-refractivity contribution in [1.82, 2.24) is 0 Å². The number of hydrogen-bond donors (Lipinski definition) is 2. The predicted octanol–water partition coefficient (Wildman–Crippen LogP) is 6.28. The third-order valence-corrected chi connectivity index (χ3v) is 5.60. The molecule has 0 fully saturated rings. The van der Waals surface area contributed by atoms with Crippen molar-refractivity contribution in [1.29, 1.82) is 5.26 Å². The fourth-order valence-corrected chi connectivity index (χ4v) is 3.67. The monoisotopic (exact) mass is 537 g/mol. The van der Waals surface area contributed by atoms with E-state index in [0.717, 1.165) is 15.6 Å². The van der Waals surface area contributed by atoms with Crippen molar-refractivity contribution in [3.8, 4) is 11.8 Å². The number of benzene rings is 3. The van der Waals surface area contributed by atoms with Crippen molar-refractivity contribution >= 4 is 56.8 Å². The van der Waals surface area contributed by atoms with Crippen molar-refractivity contribution in [3.63, 3.8) is 0 Å². The Morgan fingerprint density at radius 3 is 2.53 bits per heavy atom. The number of amides is 2. The Bertz CT molecular complexity index is 1310. The van der Waals surface area contributed by atoms with Crippen LogP contribution in [0.15, 0.2) is 70.7 Å². The highest BCUT2D eigenvalue weighted by Gasteiger charge is 2.14. The van der Waals surface area contributed by atoms with Gasteiger partial charge in [-0.3, -0.25) is 9.59 Å². The number of aryl methyl sites for hydroxylation is 2. The van der Waals surface area contributed by atoms with Crippen molar-refractivity contribution in [3.05, 3.63) is 92.4 Å². The van der Waals surface area contributed by atoms with E-state index in [1.165, 1.54) is 6.08 Å². The van der Waals surface area contributed by atoms with Gasteiger partial charge in [-0.2, -0.15) is 5.26 Å². The molecule has 0 radical (unpaired) electrons. The first-order chi connectivity index (χ1) is 16.3. The molecule has 0 saturated heterocycles. The normalized spacial score (nSPS) is 10.9. The molecule has 0 aliphatic rings. The zero-order valence-corrected chi connectivity index (χ0v) is 20.8. The Hall–Kier alpha value is -3.60. The van der Waals surface area contributed by atoms with E-state index < -0.39 is 11.8 Å². The van der Waals surface area contributed by atoms with E-state index in [2.05, 4.69) is 26.6 Å². The zero-order chi connectivity index (χ0) is 24.7. The summed E-state index contributed by atoms with van der Waals surface area (Å²) in [5, 5.41) is 15.5. The molecule has 3 aromatic rings. The quantitative estimate of drug-likeness (QED) is 0.273. The molecule has 0 saturated carbocycles. The number of carbonyl (C=O) groups is 2. The molecule has 3 rings (SSSR count). The Labute approximate surface area is 211 Å². The minimum atomic E-state index is -0.545. The molecule has 6 nitrogen and oxygen atoms in total. The summed E-state index contributed by atoms with van der Waals surface area (Å²) in [6, 6.07) is 19.5. The predicted molar refractivity (Wildman–Crippen MR) is 138 cm³/mol. The Morgan fingerprint density at radius 2 is 1.82 bits per heavy atom. The van der Waals surface area contributed by atoms with Gasteiger partial charge in [0.1, 0.15) is 17.4 Å². The number of para-hydroxylation sites is 1. The van der Waals surface area contributed by atoms with Gasteiger partial charge in [0, 0.05) is 15.7 Å². The number of ether oxygens (including phenoxy) is 1. The summed E-state index contributed by atoms with van der Waals surface area (Å²) < 4.78 is 6.40. The van der Waals surface area contributed by atoms with Crippen LogP contribution in [-0.2, 0) is 9.59 Å². The third-order valence-electron chi connectivity index (χ3n) is 4.77. The van der Waals surface area contributed by atoms with Crippen LogP contribution in [0.1, 0.15) is 16.7 Å². The van der Waals surface area contributed by atoms with Gasteiger partial charge < -0.3 is 15.4 Å². The van der Waals surface area contributed by atoms with Gasteiger partial charge in [0.15, 0.2) is 6.61 Å². The smallest absolute Gasteiger partial charge is 0.266 e. The molecule has 0 aliphatic carbocycles. The summed E-state index contributed by atoms with van der Waals surface area (Å²) in [5.41, 5.74) is 3.42. The molecule has 34 heavy (non-hydrogen) atoms. The fraction of sp³-hybridized carbons (Fsp3) is 0.115. The summed E-state index contributed by atoms with van der Waals surface area (Å²) in [6.45, 7) is 3.55. The second kappa shape index (κ2) is 11.5. The largest absolute Gasteiger partial charge is 0.483 e. The van der Waals surface area contributed by atoms with Crippen LogP contribution >= 0.6 is 27.5 Å². The molecule has 2 amide bonds. The van der Waals surface area contributed by atoms with Gasteiger partial charge in [-0.25, -0.2) is 0 Å². The van der Waals surface area contributed by atoms with Crippen LogP contribution in [0, 0.1) is 25.2 Å². The number of nitrogens with zero attached hydrogens (tertiary/aromatic N) is 1. The van der Waals surface area contributed by atoms with Crippen LogP contribution in [0.5, 0.6) is 5.75 Å². The number of nitriles is 1. The molecule has 0 heterocycles. The average molecular weight is 539 g/mol. The van der Waals surface area contributed by atoms with Gasteiger partial charge in [-0.1, -0.05) is 57.4 Å². The van der Waals surface area contributed by atoms with E-state index in [-0.39, 0.29) is 12.2 Å². The van der Waals surface area contributed by atoms with E-state index in [1.54, 1.807) is 48.5 Å². The highest BCUT2D eigenvalue weighted by atomic mass is 79.9. The first-order valence-corrected chi connectivity index (χ1v) is 11.4. The molecule has 0 bridgehead atoms. The van der Waals surface area contributed by atoms with Crippen LogP contribution in [0.4, 0.5) is 11.4 Å². The lowest BCUT2D eigenvalue weighted by Gasteiger charge is -2.12. The first-order valence-electron chi connectivity index (χ1n) is 10.2. The molecule has 0 aromatic heterocycles. The van der Waals surface area contributed by atoms with Gasteiger partial charge in [0.05, 0.1) is 10.7 Å². The Morgan fingerprint density at radius 1 is 1.06 bits per heavy atom. The van der Waals surface area contributed by atoms with Crippen molar-refractivity contribution in [2.24, 2.45) is 0 Å². The van der Waals surface area contributed by atoms with E-state index in [0.29, 0.717) is 27.7 Å². The molecular weight excluding hydrogens is 518 g/mol. The summed E-state index contributed by atoms with van der Waals surface area (Å²) >= 11 is 9.45. The molecular formula is C26H21BrClN3O3. The SMILES string of the molecule is Cc1ccc(NC(=O)/C(C#N)=C/c2cc(Br)ccc2OCC(=O)Nc2ccccc2Cl)c(C)c1. The maximum absolute atomic E-state index is 12.8. The van der Waals surface area contributed by atoms with Crippen LogP contribution in [0.3, 0.4) is 0 Å². The lowest BCUT2D eigenvalue weighted by Crippen LogP contribution is -2.20. The molecule has 0 spiro atoms. The van der Waals surface area contributed by atoms with E-state index >= 15 is 0 Å². The summed E-state index contributed by atoms with van der Waals surface area (Å²) in [5.74, 6) is -0.611. The number of anilines is 2. The minimum absolute atomic E-state index is 0.108. The lowest BCUT2D eigenvalue weighted by atomic mass is 10.1.